The molecule has 0 radical (unpaired) electrons. The van der Waals surface area contributed by atoms with Crippen LogP contribution in [0.1, 0.15) is 57.8 Å². The zero-order valence-electron chi connectivity index (χ0n) is 12.1. The molecule has 0 saturated heterocycles. The van der Waals surface area contributed by atoms with Crippen LogP contribution in [-0.2, 0) is 0 Å². The van der Waals surface area contributed by atoms with Gasteiger partial charge in [0.15, 0.2) is 0 Å². The summed E-state index contributed by atoms with van der Waals surface area (Å²) in [5.74, 6) is 6.25. The predicted octanol–water partition coefficient (Wildman–Crippen LogP) is 2.94. The van der Waals surface area contributed by atoms with Crippen molar-refractivity contribution in [3.05, 3.63) is 0 Å². The van der Waals surface area contributed by atoms with Crippen molar-refractivity contribution in [1.82, 2.24) is 0 Å². The van der Waals surface area contributed by atoms with Gasteiger partial charge in [0.25, 0.3) is 0 Å². The summed E-state index contributed by atoms with van der Waals surface area (Å²) in [6.45, 7) is 0.182. The van der Waals surface area contributed by atoms with Crippen LogP contribution in [0.25, 0.3) is 0 Å². The summed E-state index contributed by atoms with van der Waals surface area (Å²) in [4.78, 5) is 0. The first kappa shape index (κ1) is 12.6. The SMILES string of the molecule is NC1(CO)CCC(C2C3CC4CC(C3)CC2C4)CC1. The molecule has 0 heterocycles. The molecule has 108 valence electrons. The van der Waals surface area contributed by atoms with Gasteiger partial charge in [0.1, 0.15) is 0 Å². The third kappa shape index (κ3) is 2.06. The molecule has 0 aromatic carbocycles. The Labute approximate surface area is 117 Å². The van der Waals surface area contributed by atoms with Gasteiger partial charge in [-0.25, -0.2) is 0 Å². The molecule has 2 heteroatoms. The third-order valence-corrected chi connectivity index (χ3v) is 7.18. The van der Waals surface area contributed by atoms with E-state index in [1.807, 2.05) is 0 Å². The average molecular weight is 263 g/mol. The summed E-state index contributed by atoms with van der Waals surface area (Å²) in [5.41, 5.74) is 6.00. The Morgan fingerprint density at radius 3 is 1.84 bits per heavy atom. The summed E-state index contributed by atoms with van der Waals surface area (Å²) >= 11 is 0. The van der Waals surface area contributed by atoms with E-state index in [-0.39, 0.29) is 12.1 Å². The topological polar surface area (TPSA) is 46.2 Å². The molecular formula is C17H29NO. The van der Waals surface area contributed by atoms with E-state index in [0.29, 0.717) is 0 Å². The number of rotatable bonds is 2. The number of aliphatic hydroxyl groups is 1. The highest BCUT2D eigenvalue weighted by Crippen LogP contribution is 2.60. The van der Waals surface area contributed by atoms with Gasteiger partial charge in [-0.2, -0.15) is 0 Å². The van der Waals surface area contributed by atoms with Crippen LogP contribution >= 0.6 is 0 Å². The van der Waals surface area contributed by atoms with Crippen molar-refractivity contribution >= 4 is 0 Å². The molecule has 5 saturated carbocycles. The Balaban J connectivity index is 1.46. The lowest BCUT2D eigenvalue weighted by molar-refractivity contribution is -0.0725. The van der Waals surface area contributed by atoms with E-state index in [1.54, 1.807) is 32.1 Å². The molecule has 0 unspecified atom stereocenters. The van der Waals surface area contributed by atoms with Gasteiger partial charge in [-0.15, -0.1) is 0 Å². The van der Waals surface area contributed by atoms with E-state index in [2.05, 4.69) is 0 Å². The minimum Gasteiger partial charge on any atom is -0.394 e. The molecule has 3 N–H and O–H groups in total. The van der Waals surface area contributed by atoms with Crippen LogP contribution in [0.2, 0.25) is 0 Å². The lowest BCUT2D eigenvalue weighted by Crippen LogP contribution is -2.51. The lowest BCUT2D eigenvalue weighted by Gasteiger charge is -2.57. The molecule has 4 bridgehead atoms. The first-order chi connectivity index (χ1) is 9.17. The molecule has 5 aliphatic rings. The molecule has 19 heavy (non-hydrogen) atoms. The van der Waals surface area contributed by atoms with Gasteiger partial charge in [-0.3, -0.25) is 0 Å². The van der Waals surface area contributed by atoms with Gasteiger partial charge >= 0.3 is 0 Å². The first-order valence-electron chi connectivity index (χ1n) is 8.56. The second-order valence-corrected chi connectivity index (χ2v) is 8.37. The second-order valence-electron chi connectivity index (χ2n) is 8.37. The maximum absolute atomic E-state index is 9.42. The Bertz CT molecular complexity index is 317. The van der Waals surface area contributed by atoms with Crippen LogP contribution in [0.15, 0.2) is 0 Å². The zero-order chi connectivity index (χ0) is 13.0. The standard InChI is InChI=1S/C17H29NO/c18-17(10-19)3-1-13(2-4-17)16-14-6-11-5-12(8-14)9-15(16)7-11/h11-16,19H,1-10,18H2. The average Bonchev–Trinajstić information content (AvgIpc) is 2.40. The summed E-state index contributed by atoms with van der Waals surface area (Å²) in [5, 5.41) is 9.42. The Morgan fingerprint density at radius 1 is 0.842 bits per heavy atom. The van der Waals surface area contributed by atoms with Crippen molar-refractivity contribution in [3.8, 4) is 0 Å². The number of aliphatic hydroxyl groups excluding tert-OH is 1. The molecule has 0 spiro atoms. The smallest absolute Gasteiger partial charge is 0.0611 e. The van der Waals surface area contributed by atoms with Gasteiger partial charge < -0.3 is 10.8 Å². The third-order valence-electron chi connectivity index (χ3n) is 7.18. The monoisotopic (exact) mass is 263 g/mol. The highest BCUT2D eigenvalue weighted by Gasteiger charge is 2.51. The minimum atomic E-state index is -0.248. The van der Waals surface area contributed by atoms with Crippen LogP contribution in [0.5, 0.6) is 0 Å². The second kappa shape index (κ2) is 4.46. The highest BCUT2D eigenvalue weighted by molar-refractivity contribution is 5.02. The van der Waals surface area contributed by atoms with Crippen LogP contribution in [0.3, 0.4) is 0 Å². The van der Waals surface area contributed by atoms with Gasteiger partial charge in [0.05, 0.1) is 6.61 Å². The largest absolute Gasteiger partial charge is 0.394 e. The summed E-state index contributed by atoms with van der Waals surface area (Å²) in [6.07, 6.45) is 12.4. The van der Waals surface area contributed by atoms with E-state index >= 15 is 0 Å². The summed E-state index contributed by atoms with van der Waals surface area (Å²) < 4.78 is 0. The van der Waals surface area contributed by atoms with Crippen molar-refractivity contribution in [2.45, 2.75) is 63.3 Å². The number of hydrogen-bond acceptors (Lipinski definition) is 2. The quantitative estimate of drug-likeness (QED) is 0.804. The molecule has 5 fully saturated rings. The van der Waals surface area contributed by atoms with Crippen molar-refractivity contribution in [3.63, 3.8) is 0 Å². The van der Waals surface area contributed by atoms with Crippen LogP contribution in [-0.4, -0.2) is 17.3 Å². The fourth-order valence-electron chi connectivity index (χ4n) is 6.50. The molecule has 5 rings (SSSR count). The normalized spacial score (nSPS) is 56.5. The fourth-order valence-corrected chi connectivity index (χ4v) is 6.50. The van der Waals surface area contributed by atoms with Gasteiger partial charge in [-0.1, -0.05) is 0 Å². The predicted molar refractivity (Wildman–Crippen MR) is 76.5 cm³/mol. The van der Waals surface area contributed by atoms with Crippen LogP contribution in [0.4, 0.5) is 0 Å². The van der Waals surface area contributed by atoms with Crippen molar-refractivity contribution in [2.75, 3.05) is 6.61 Å². The molecule has 0 aromatic rings. The maximum atomic E-state index is 9.42. The minimum absolute atomic E-state index is 0.182. The fraction of sp³-hybridized carbons (Fsp3) is 1.00. The van der Waals surface area contributed by atoms with Crippen LogP contribution < -0.4 is 5.73 Å². The van der Waals surface area contributed by atoms with E-state index < -0.39 is 0 Å². The van der Waals surface area contributed by atoms with Gasteiger partial charge in [0, 0.05) is 5.54 Å². The molecule has 0 amide bonds. The molecular weight excluding hydrogens is 234 g/mol. The highest BCUT2D eigenvalue weighted by atomic mass is 16.3. The Morgan fingerprint density at radius 2 is 1.37 bits per heavy atom. The number of hydrogen-bond donors (Lipinski definition) is 2. The molecule has 0 atom stereocenters. The molecule has 0 aromatic heterocycles. The Kier molecular flexibility index (Phi) is 2.97. The summed E-state index contributed by atoms with van der Waals surface area (Å²) in [7, 11) is 0. The zero-order valence-corrected chi connectivity index (χ0v) is 12.1. The van der Waals surface area contributed by atoms with Gasteiger partial charge in [0.2, 0.25) is 0 Å². The molecule has 2 nitrogen and oxygen atoms in total. The van der Waals surface area contributed by atoms with Gasteiger partial charge in [-0.05, 0) is 93.3 Å². The van der Waals surface area contributed by atoms with E-state index in [9.17, 15) is 5.11 Å². The summed E-state index contributed by atoms with van der Waals surface area (Å²) in [6, 6.07) is 0. The van der Waals surface area contributed by atoms with E-state index in [4.69, 9.17) is 5.73 Å². The van der Waals surface area contributed by atoms with Crippen molar-refractivity contribution < 1.29 is 5.11 Å². The maximum Gasteiger partial charge on any atom is 0.0611 e. The molecule has 5 aliphatic carbocycles. The van der Waals surface area contributed by atoms with E-state index in [1.165, 1.54) is 12.8 Å². The number of nitrogens with two attached hydrogens (primary N) is 1. The molecule has 0 aliphatic heterocycles. The van der Waals surface area contributed by atoms with E-state index in [0.717, 1.165) is 48.3 Å². The van der Waals surface area contributed by atoms with Crippen molar-refractivity contribution in [1.29, 1.82) is 0 Å². The van der Waals surface area contributed by atoms with Crippen molar-refractivity contribution in [2.24, 2.45) is 41.2 Å². The Hall–Kier alpha value is -0.0800. The first-order valence-corrected chi connectivity index (χ1v) is 8.56. The lowest BCUT2D eigenvalue weighted by atomic mass is 9.48. The van der Waals surface area contributed by atoms with Crippen LogP contribution in [0, 0.1) is 35.5 Å².